The van der Waals surface area contributed by atoms with Crippen molar-refractivity contribution in [3.63, 3.8) is 0 Å². The molecule has 0 spiro atoms. The van der Waals surface area contributed by atoms with Gasteiger partial charge in [0, 0.05) is 12.0 Å². The number of hydrogen-bond donors (Lipinski definition) is 1. The number of halogens is 3. The first-order valence-electron chi connectivity index (χ1n) is 4.29. The molecule has 82 valence electrons. The SMILES string of the molecule is CC(CC=O)c1c(O)c(Br)cc(F)c1F. The molecule has 0 bridgehead atoms. The minimum atomic E-state index is -1.11. The van der Waals surface area contributed by atoms with Gasteiger partial charge in [-0.05, 0) is 27.9 Å². The third kappa shape index (κ3) is 2.34. The molecule has 1 aromatic carbocycles. The van der Waals surface area contributed by atoms with Crippen LogP contribution in [0, 0.1) is 11.6 Å². The Labute approximate surface area is 94.0 Å². The lowest BCUT2D eigenvalue weighted by Gasteiger charge is -2.13. The van der Waals surface area contributed by atoms with Crippen LogP contribution in [-0.2, 0) is 4.79 Å². The summed E-state index contributed by atoms with van der Waals surface area (Å²) in [4.78, 5) is 10.3. The molecule has 1 unspecified atom stereocenters. The summed E-state index contributed by atoms with van der Waals surface area (Å²) in [7, 11) is 0. The van der Waals surface area contributed by atoms with Crippen molar-refractivity contribution >= 4 is 22.2 Å². The van der Waals surface area contributed by atoms with Crippen LogP contribution in [0.5, 0.6) is 5.75 Å². The van der Waals surface area contributed by atoms with E-state index in [0.717, 1.165) is 6.07 Å². The first-order chi connectivity index (χ1) is 6.99. The van der Waals surface area contributed by atoms with Gasteiger partial charge in [0.15, 0.2) is 11.6 Å². The predicted octanol–water partition coefficient (Wildman–Crippen LogP) is 3.13. The molecule has 1 aromatic rings. The molecular formula is C10H9BrF2O2. The Balaban J connectivity index is 3.31. The lowest BCUT2D eigenvalue weighted by molar-refractivity contribution is -0.108. The number of phenols is 1. The zero-order chi connectivity index (χ0) is 11.6. The van der Waals surface area contributed by atoms with E-state index in [9.17, 15) is 18.7 Å². The molecule has 0 fully saturated rings. The van der Waals surface area contributed by atoms with Crippen molar-refractivity contribution in [2.24, 2.45) is 0 Å². The van der Waals surface area contributed by atoms with Crippen molar-refractivity contribution in [3.05, 3.63) is 27.7 Å². The maximum Gasteiger partial charge on any atom is 0.166 e. The quantitative estimate of drug-likeness (QED) is 0.681. The van der Waals surface area contributed by atoms with Gasteiger partial charge in [0.2, 0.25) is 0 Å². The average Bonchev–Trinajstić information content (AvgIpc) is 2.16. The van der Waals surface area contributed by atoms with Gasteiger partial charge in [0.1, 0.15) is 12.0 Å². The molecule has 2 nitrogen and oxygen atoms in total. The zero-order valence-electron chi connectivity index (χ0n) is 7.93. The Morgan fingerprint density at radius 2 is 2.20 bits per heavy atom. The van der Waals surface area contributed by atoms with Gasteiger partial charge in [0.05, 0.1) is 4.47 Å². The molecule has 5 heteroatoms. The highest BCUT2D eigenvalue weighted by atomic mass is 79.9. The molecule has 0 amide bonds. The summed E-state index contributed by atoms with van der Waals surface area (Å²) in [5.74, 6) is -3.07. The molecule has 0 heterocycles. The fourth-order valence-corrected chi connectivity index (χ4v) is 1.73. The van der Waals surface area contributed by atoms with Gasteiger partial charge in [-0.15, -0.1) is 0 Å². The molecule has 0 radical (unpaired) electrons. The monoisotopic (exact) mass is 278 g/mol. The minimum absolute atomic E-state index is 0.0281. The lowest BCUT2D eigenvalue weighted by atomic mass is 9.97. The van der Waals surface area contributed by atoms with Gasteiger partial charge in [-0.3, -0.25) is 0 Å². The van der Waals surface area contributed by atoms with Crippen LogP contribution in [0.1, 0.15) is 24.8 Å². The maximum absolute atomic E-state index is 13.3. The second-order valence-electron chi connectivity index (χ2n) is 3.22. The zero-order valence-corrected chi connectivity index (χ0v) is 9.51. The summed E-state index contributed by atoms with van der Waals surface area (Å²) in [6, 6.07) is 0.849. The van der Waals surface area contributed by atoms with Gasteiger partial charge in [0.25, 0.3) is 0 Å². The van der Waals surface area contributed by atoms with E-state index in [2.05, 4.69) is 15.9 Å². The highest BCUT2D eigenvalue weighted by molar-refractivity contribution is 9.10. The first kappa shape index (κ1) is 12.1. The van der Waals surface area contributed by atoms with Crippen LogP contribution in [0.4, 0.5) is 8.78 Å². The Kier molecular flexibility index (Phi) is 3.79. The van der Waals surface area contributed by atoms with Gasteiger partial charge in [-0.25, -0.2) is 8.78 Å². The number of hydrogen-bond acceptors (Lipinski definition) is 2. The number of aldehydes is 1. The van der Waals surface area contributed by atoms with Gasteiger partial charge in [-0.1, -0.05) is 6.92 Å². The van der Waals surface area contributed by atoms with E-state index in [1.54, 1.807) is 6.92 Å². The summed E-state index contributed by atoms with van der Waals surface area (Å²) in [6.07, 6.45) is 0.628. The van der Waals surface area contributed by atoms with Crippen LogP contribution >= 0.6 is 15.9 Å². The molecule has 1 atom stereocenters. The van der Waals surface area contributed by atoms with Crippen molar-refractivity contribution in [2.75, 3.05) is 0 Å². The molecule has 0 saturated carbocycles. The molecule has 0 saturated heterocycles. The van der Waals surface area contributed by atoms with E-state index < -0.39 is 17.6 Å². The third-order valence-electron chi connectivity index (χ3n) is 2.12. The number of aromatic hydroxyl groups is 1. The van der Waals surface area contributed by atoms with Crippen LogP contribution in [0.3, 0.4) is 0 Å². The smallest absolute Gasteiger partial charge is 0.166 e. The van der Waals surface area contributed by atoms with E-state index in [0.29, 0.717) is 6.29 Å². The standard InChI is InChI=1S/C10H9BrF2O2/c1-5(2-3-14)8-9(13)7(12)4-6(11)10(8)15/h3-5,15H,2H2,1H3. The normalized spacial score (nSPS) is 12.5. The second-order valence-corrected chi connectivity index (χ2v) is 4.07. The second kappa shape index (κ2) is 4.70. The topological polar surface area (TPSA) is 37.3 Å². The van der Waals surface area contributed by atoms with Crippen LogP contribution in [-0.4, -0.2) is 11.4 Å². The minimum Gasteiger partial charge on any atom is -0.506 e. The fourth-order valence-electron chi connectivity index (χ4n) is 1.32. The van der Waals surface area contributed by atoms with E-state index in [-0.39, 0.29) is 22.2 Å². The number of carbonyl (C=O) groups excluding carboxylic acids is 1. The number of phenolic OH excluding ortho intramolecular Hbond substituents is 1. The molecule has 0 aromatic heterocycles. The number of carbonyl (C=O) groups is 1. The van der Waals surface area contributed by atoms with Crippen LogP contribution in [0.2, 0.25) is 0 Å². The lowest BCUT2D eigenvalue weighted by Crippen LogP contribution is -2.02. The van der Waals surface area contributed by atoms with Crippen molar-refractivity contribution in [1.29, 1.82) is 0 Å². The van der Waals surface area contributed by atoms with E-state index in [4.69, 9.17) is 0 Å². The number of rotatable bonds is 3. The van der Waals surface area contributed by atoms with Crippen LogP contribution in [0.25, 0.3) is 0 Å². The fraction of sp³-hybridized carbons (Fsp3) is 0.300. The van der Waals surface area contributed by atoms with Crippen LogP contribution < -0.4 is 0 Å². The molecule has 15 heavy (non-hydrogen) atoms. The molecule has 0 aliphatic heterocycles. The first-order valence-corrected chi connectivity index (χ1v) is 5.08. The summed E-state index contributed by atoms with van der Waals surface area (Å²) in [6.45, 7) is 1.54. The van der Waals surface area contributed by atoms with Gasteiger partial charge in [-0.2, -0.15) is 0 Å². The van der Waals surface area contributed by atoms with E-state index >= 15 is 0 Å². The Bertz CT molecular complexity index is 367. The molecule has 0 aliphatic rings. The van der Waals surface area contributed by atoms with Crippen LogP contribution in [0.15, 0.2) is 10.5 Å². The van der Waals surface area contributed by atoms with Crippen molar-refractivity contribution in [3.8, 4) is 5.75 Å². The van der Waals surface area contributed by atoms with Gasteiger partial charge >= 0.3 is 0 Å². The maximum atomic E-state index is 13.3. The summed E-state index contributed by atoms with van der Waals surface area (Å²) >= 11 is 2.91. The Morgan fingerprint density at radius 3 is 2.73 bits per heavy atom. The third-order valence-corrected chi connectivity index (χ3v) is 2.73. The van der Waals surface area contributed by atoms with Crippen molar-refractivity contribution < 1.29 is 18.7 Å². The average molecular weight is 279 g/mol. The highest BCUT2D eigenvalue weighted by Gasteiger charge is 2.21. The summed E-state index contributed by atoms with van der Waals surface area (Å²) in [5, 5.41) is 9.53. The molecular weight excluding hydrogens is 270 g/mol. The molecule has 0 aliphatic carbocycles. The van der Waals surface area contributed by atoms with E-state index in [1.807, 2.05) is 0 Å². The predicted molar refractivity (Wildman–Crippen MR) is 54.8 cm³/mol. The largest absolute Gasteiger partial charge is 0.506 e. The van der Waals surface area contributed by atoms with E-state index in [1.165, 1.54) is 0 Å². The van der Waals surface area contributed by atoms with Crippen molar-refractivity contribution in [2.45, 2.75) is 19.3 Å². The van der Waals surface area contributed by atoms with Gasteiger partial charge < -0.3 is 9.90 Å². The van der Waals surface area contributed by atoms with Crippen molar-refractivity contribution in [1.82, 2.24) is 0 Å². The summed E-state index contributed by atoms with van der Waals surface area (Å²) in [5.41, 5.74) is -0.172. The highest BCUT2D eigenvalue weighted by Crippen LogP contribution is 2.37. The Hall–Kier alpha value is -0.970. The number of benzene rings is 1. The molecule has 1 N–H and O–H groups in total. The summed E-state index contributed by atoms with van der Waals surface area (Å²) < 4.78 is 26.4. The molecule has 1 rings (SSSR count). The Morgan fingerprint density at radius 1 is 1.60 bits per heavy atom.